The molecule has 2 N–H and O–H groups in total. The summed E-state index contributed by atoms with van der Waals surface area (Å²) in [4.78, 5) is 0. The summed E-state index contributed by atoms with van der Waals surface area (Å²) in [5, 5.41) is 25.8. The Balaban J connectivity index is 2.00. The molecule has 0 amide bonds. The van der Waals surface area contributed by atoms with Crippen LogP contribution >= 0.6 is 0 Å². The van der Waals surface area contributed by atoms with E-state index in [9.17, 15) is 10.4 Å². The maximum Gasteiger partial charge on any atom is 0.0867 e. The van der Waals surface area contributed by atoms with Crippen LogP contribution in [0.5, 0.6) is 0 Å². The molecule has 0 radical (unpaired) electrons. The third-order valence-corrected chi connectivity index (χ3v) is 5.55. The van der Waals surface area contributed by atoms with Crippen molar-refractivity contribution in [1.82, 2.24) is 0 Å². The van der Waals surface area contributed by atoms with Gasteiger partial charge in [-0.1, -0.05) is 111 Å². The van der Waals surface area contributed by atoms with E-state index in [2.05, 4.69) is 48.4 Å². The van der Waals surface area contributed by atoms with Gasteiger partial charge in [0.15, 0.2) is 0 Å². The van der Waals surface area contributed by atoms with Gasteiger partial charge in [-0.15, -0.1) is 0 Å². The van der Waals surface area contributed by atoms with Crippen LogP contribution in [0.1, 0.15) is 89.2 Å². The molecule has 0 aliphatic carbocycles. The fraction of sp³-hybridized carbons (Fsp3) is 0.462. The lowest BCUT2D eigenvalue weighted by Gasteiger charge is -2.08. The maximum absolute atomic E-state index is 9.38. The lowest BCUT2D eigenvalue weighted by molar-refractivity contribution is 0.317. The van der Waals surface area contributed by atoms with E-state index in [0.717, 1.165) is 72.2 Å². The third kappa shape index (κ3) is 7.33. The van der Waals surface area contributed by atoms with Gasteiger partial charge in [-0.2, -0.15) is 0 Å². The SMILES string of the molecule is CCCCCCC(=NO)c1ccc(-c2ccc(C(CCCCCC)=NO)cc2)cc1. The minimum Gasteiger partial charge on any atom is -0.411 e. The Morgan fingerprint density at radius 2 is 0.933 bits per heavy atom. The summed E-state index contributed by atoms with van der Waals surface area (Å²) in [6, 6.07) is 16.3. The highest BCUT2D eigenvalue weighted by Gasteiger charge is 2.08. The van der Waals surface area contributed by atoms with Crippen molar-refractivity contribution >= 4 is 11.4 Å². The second kappa shape index (κ2) is 13.6. The fourth-order valence-corrected chi connectivity index (χ4v) is 3.65. The second-order valence-electron chi connectivity index (χ2n) is 7.87. The Bertz CT molecular complexity index is 723. The normalized spacial score (nSPS) is 12.3. The topological polar surface area (TPSA) is 65.2 Å². The van der Waals surface area contributed by atoms with Crippen LogP contribution in [0.2, 0.25) is 0 Å². The summed E-state index contributed by atoms with van der Waals surface area (Å²) in [6.45, 7) is 4.38. The molecule has 0 aromatic heterocycles. The van der Waals surface area contributed by atoms with Crippen molar-refractivity contribution < 1.29 is 10.4 Å². The first-order valence-corrected chi connectivity index (χ1v) is 11.4. The van der Waals surface area contributed by atoms with Gasteiger partial charge in [0.25, 0.3) is 0 Å². The number of rotatable bonds is 13. The molecule has 0 spiro atoms. The van der Waals surface area contributed by atoms with E-state index in [-0.39, 0.29) is 0 Å². The molecule has 0 saturated carbocycles. The van der Waals surface area contributed by atoms with Crippen molar-refractivity contribution in [2.45, 2.75) is 78.1 Å². The Labute approximate surface area is 181 Å². The van der Waals surface area contributed by atoms with Crippen LogP contribution in [0.4, 0.5) is 0 Å². The van der Waals surface area contributed by atoms with Crippen LogP contribution in [0, 0.1) is 0 Å². The van der Waals surface area contributed by atoms with Crippen LogP contribution in [0.25, 0.3) is 11.1 Å². The first-order chi connectivity index (χ1) is 14.7. The van der Waals surface area contributed by atoms with Gasteiger partial charge in [-0.05, 0) is 47.9 Å². The number of hydrogen-bond acceptors (Lipinski definition) is 4. The number of hydrogen-bond donors (Lipinski definition) is 2. The van der Waals surface area contributed by atoms with Crippen molar-refractivity contribution in [3.8, 4) is 11.1 Å². The van der Waals surface area contributed by atoms with Gasteiger partial charge >= 0.3 is 0 Å². The third-order valence-electron chi connectivity index (χ3n) is 5.55. The molecular weight excluding hydrogens is 372 g/mol. The van der Waals surface area contributed by atoms with Crippen molar-refractivity contribution in [3.05, 3.63) is 59.7 Å². The van der Waals surface area contributed by atoms with E-state index in [1.807, 2.05) is 24.3 Å². The van der Waals surface area contributed by atoms with Crippen LogP contribution in [0.15, 0.2) is 58.8 Å². The van der Waals surface area contributed by atoms with Gasteiger partial charge < -0.3 is 10.4 Å². The quantitative estimate of drug-likeness (QED) is 0.155. The summed E-state index contributed by atoms with van der Waals surface area (Å²) in [5.41, 5.74) is 5.66. The average molecular weight is 409 g/mol. The molecule has 0 aliphatic heterocycles. The van der Waals surface area contributed by atoms with Gasteiger partial charge in [-0.25, -0.2) is 0 Å². The predicted octanol–water partition coefficient (Wildman–Crippen LogP) is 7.65. The lowest BCUT2D eigenvalue weighted by atomic mass is 9.97. The number of unbranched alkanes of at least 4 members (excludes halogenated alkanes) is 6. The minimum atomic E-state index is 0.750. The number of benzene rings is 2. The Morgan fingerprint density at radius 1 is 0.567 bits per heavy atom. The minimum absolute atomic E-state index is 0.750. The summed E-state index contributed by atoms with van der Waals surface area (Å²) in [7, 11) is 0. The van der Waals surface area contributed by atoms with E-state index in [1.54, 1.807) is 0 Å². The molecule has 2 aromatic carbocycles. The van der Waals surface area contributed by atoms with Crippen molar-refractivity contribution in [3.63, 3.8) is 0 Å². The highest BCUT2D eigenvalue weighted by molar-refractivity contribution is 6.01. The summed E-state index contributed by atoms with van der Waals surface area (Å²) in [5.74, 6) is 0. The first-order valence-electron chi connectivity index (χ1n) is 11.4. The van der Waals surface area contributed by atoms with Gasteiger partial charge in [0.05, 0.1) is 11.4 Å². The monoisotopic (exact) mass is 408 g/mol. The standard InChI is InChI=1S/C26H36N2O2/c1-3-5-7-9-11-25(27-29)23-17-13-21(14-18-23)22-15-19-24(20-16-22)26(28-30)12-10-8-6-4-2/h13-20,29-30H,3-12H2,1-2H3. The number of oxime groups is 2. The fourth-order valence-electron chi connectivity index (χ4n) is 3.65. The predicted molar refractivity (Wildman–Crippen MR) is 126 cm³/mol. The molecule has 30 heavy (non-hydrogen) atoms. The molecule has 0 heterocycles. The van der Waals surface area contributed by atoms with E-state index >= 15 is 0 Å². The highest BCUT2D eigenvalue weighted by atomic mass is 16.4. The Hall–Kier alpha value is -2.62. The molecule has 2 aromatic rings. The molecule has 0 aliphatic rings. The van der Waals surface area contributed by atoms with E-state index in [1.165, 1.54) is 25.7 Å². The molecule has 4 nitrogen and oxygen atoms in total. The second-order valence-corrected chi connectivity index (χ2v) is 7.87. The molecule has 0 atom stereocenters. The zero-order chi connectivity index (χ0) is 21.6. The zero-order valence-electron chi connectivity index (χ0n) is 18.5. The van der Waals surface area contributed by atoms with Crippen molar-refractivity contribution in [1.29, 1.82) is 0 Å². The Kier molecular flexibility index (Phi) is 10.7. The molecule has 0 fully saturated rings. The van der Waals surface area contributed by atoms with Crippen LogP contribution < -0.4 is 0 Å². The molecule has 0 bridgehead atoms. The van der Waals surface area contributed by atoms with Crippen LogP contribution in [-0.4, -0.2) is 21.8 Å². The lowest BCUT2D eigenvalue weighted by Crippen LogP contribution is -2.02. The van der Waals surface area contributed by atoms with E-state index in [4.69, 9.17) is 0 Å². The van der Waals surface area contributed by atoms with Crippen LogP contribution in [0.3, 0.4) is 0 Å². The maximum atomic E-state index is 9.38. The van der Waals surface area contributed by atoms with Crippen molar-refractivity contribution in [2.24, 2.45) is 10.3 Å². The summed E-state index contributed by atoms with van der Waals surface area (Å²) in [6.07, 6.45) is 10.8. The molecule has 4 heteroatoms. The summed E-state index contributed by atoms with van der Waals surface area (Å²) >= 11 is 0. The van der Waals surface area contributed by atoms with Gasteiger partial charge in [0.2, 0.25) is 0 Å². The highest BCUT2D eigenvalue weighted by Crippen LogP contribution is 2.22. The van der Waals surface area contributed by atoms with E-state index < -0.39 is 0 Å². The van der Waals surface area contributed by atoms with Gasteiger partial charge in [0, 0.05) is 0 Å². The largest absolute Gasteiger partial charge is 0.411 e. The van der Waals surface area contributed by atoms with Gasteiger partial charge in [-0.3, -0.25) is 0 Å². The summed E-state index contributed by atoms with van der Waals surface area (Å²) < 4.78 is 0. The molecule has 0 unspecified atom stereocenters. The van der Waals surface area contributed by atoms with Crippen LogP contribution in [-0.2, 0) is 0 Å². The number of nitrogens with zero attached hydrogens (tertiary/aromatic N) is 2. The van der Waals surface area contributed by atoms with Crippen molar-refractivity contribution in [2.75, 3.05) is 0 Å². The molecule has 2 rings (SSSR count). The molecule has 162 valence electrons. The Morgan fingerprint density at radius 3 is 1.23 bits per heavy atom. The average Bonchev–Trinajstić information content (AvgIpc) is 2.80. The van der Waals surface area contributed by atoms with E-state index in [0.29, 0.717) is 0 Å². The molecular formula is C26H36N2O2. The van der Waals surface area contributed by atoms with Gasteiger partial charge in [0.1, 0.15) is 0 Å². The molecule has 0 saturated heterocycles. The zero-order valence-corrected chi connectivity index (χ0v) is 18.5. The smallest absolute Gasteiger partial charge is 0.0867 e. The first kappa shape index (κ1) is 23.7.